The summed E-state index contributed by atoms with van der Waals surface area (Å²) in [5, 5.41) is 109. The second-order valence-electron chi connectivity index (χ2n) is 35.9. The summed E-state index contributed by atoms with van der Waals surface area (Å²) in [6, 6.07) is -15.1. The highest BCUT2D eigenvalue weighted by molar-refractivity contribution is 5.99. The van der Waals surface area contributed by atoms with Crippen LogP contribution >= 0.6 is 0 Å². The van der Waals surface area contributed by atoms with Crippen LogP contribution in [-0.2, 0) is 139 Å². The normalized spacial score (nSPS) is 26.4. The number of carbonyl (C=O) groups excluding carboxylic acids is 20. The number of methoxy groups -OCH3 is 3. The molecule has 148 heavy (non-hydrogen) atoms. The zero-order valence-corrected chi connectivity index (χ0v) is 88.0. The molecule has 0 radical (unpaired) electrons. The molecule has 0 saturated carbocycles. The van der Waals surface area contributed by atoms with Crippen molar-refractivity contribution in [3.63, 3.8) is 0 Å². The van der Waals surface area contributed by atoms with Crippen LogP contribution in [0.25, 0.3) is 0 Å². The first-order valence-electron chi connectivity index (χ1n) is 47.7. The van der Waals surface area contributed by atoms with Gasteiger partial charge in [0.25, 0.3) is 11.8 Å². The summed E-state index contributed by atoms with van der Waals surface area (Å²) in [6.45, 7) is 22.7. The van der Waals surface area contributed by atoms with E-state index in [9.17, 15) is 132 Å². The molecular formula is C88H162N24O36. The number of likely N-dealkylation sites (N-methyl/N-ethyl adjacent to an activating group) is 5. The second kappa shape index (κ2) is 65.5. The highest BCUT2D eigenvalue weighted by atomic mass is 16.7. The largest absolute Gasteiger partial charge is 0.451 e. The number of amides is 18. The predicted molar refractivity (Wildman–Crippen MR) is 520 cm³/mol. The van der Waals surface area contributed by atoms with Gasteiger partial charge in [-0.3, -0.25) is 86.3 Å². The first kappa shape index (κ1) is 135. The van der Waals surface area contributed by atoms with E-state index in [-0.39, 0.29) is 99.7 Å². The van der Waals surface area contributed by atoms with Crippen LogP contribution in [0.5, 0.6) is 0 Å². The van der Waals surface area contributed by atoms with Gasteiger partial charge < -0.3 is 207 Å². The molecule has 34 N–H and O–H groups in total. The van der Waals surface area contributed by atoms with Gasteiger partial charge >= 0.3 is 11.9 Å². The number of hydrogen-bond acceptors (Lipinski definition) is 42. The van der Waals surface area contributed by atoms with Crippen LogP contribution in [0.4, 0.5) is 0 Å². The number of likely N-dealkylation sites (tertiary alicyclic amines) is 3. The standard InChI is InChI=1S/C29H50N6O16.C19H33N5O7.C16H28N4O6.C13H24N4O4.C7H15N3O2.C4H10N2O.H2/c1-9(30)24(44)34-12(4)27(47)35-6-13(5-14(35)26(46)33-11(3)25(45)32-10(2)23(31)43)48-28-21(42)19(40)22(16(8-37)50-28)51-29-20(41)18(39)17(38)15(7-36)49-29;1-9(20)15(25)22-10(2)18(28)24-8-13(30-6)7-14(24)17(27)23-11(3)19(29)31-12(4)16(26)21-5;1-8(17)15(23)20-7-11(25-5)6-12(20)14(22)19-9(2)16(24)26-10(3)13(21)18-4;1-7(11(18)14-3)16-12(19)8(2)17-13(20)10-5-9(21-4)6-15-10;1-4(8)6(11)10-5(2)7(12)9-3;1-3(5)4(7)6-2;/h9-22,28-29,36-42H,5-8,30H2,1-4H3,(H2,31,43)(H,32,45)(H,33,46)(H,34,44);9-14H,7-8,20H2,1-6H3,(H,21,26)(H,22,25)(H,23,27);8-12H,6-7,17H2,1-5H3,(H,18,21)(H,19,22);7-10,15H,5-6H2,1-4H3,(H,14,18)(H,16,19)(H,17,20);4-5H,8H2,1-3H3,(H,9,12)(H,10,11);3H,5H2,1-2H3,(H,6,7);1H/i;;;;;;1+1. The van der Waals surface area contributed by atoms with Crippen molar-refractivity contribution in [2.45, 2.75) is 343 Å². The van der Waals surface area contributed by atoms with Crippen molar-refractivity contribution >= 4 is 118 Å². The van der Waals surface area contributed by atoms with E-state index in [4.69, 9.17) is 77.0 Å². The smallest absolute Gasteiger partial charge is 0.329 e. The Bertz CT molecular complexity index is 4380. The first-order valence-corrected chi connectivity index (χ1v) is 47.7. The van der Waals surface area contributed by atoms with Crippen molar-refractivity contribution in [2.24, 2.45) is 34.4 Å². The fraction of sp³-hybridized carbons (Fsp3) is 0.773. The molecule has 60 heteroatoms. The van der Waals surface area contributed by atoms with Crippen LogP contribution in [0.2, 0.25) is 0 Å². The Labute approximate surface area is 858 Å². The van der Waals surface area contributed by atoms with Crippen molar-refractivity contribution in [1.82, 2.24) is 94.5 Å². The van der Waals surface area contributed by atoms with Crippen LogP contribution < -0.4 is 114 Å². The van der Waals surface area contributed by atoms with E-state index < -0.39 is 272 Å². The predicted octanol–water partition coefficient (Wildman–Crippen LogP) is -16.3. The molecule has 34 unspecified atom stereocenters. The SMILES string of the molecule is CC(N)C(=O)NC(C)C(=O)N1CC(OC2OC(CO)C(OC3OC(CO)C(O)C(O)C3O)C(O)C2O)CC1C(=O)NC(C)C(=O)NC(C)C(N)=O.CNC(=O)C(C)N.CNC(=O)C(C)NC(=O)C(C)N.CNC(=O)C(C)NC(=O)C(C)NC(=O)C1CC(OC)CN1.CNC(=O)C(C)OC(=O)C(C)NC(=O)C1CC(OC)CN1C(=O)C(C)N.CNC(=O)C(C)OC(=O)C(C)NC(=O)C1CC(OC)CN1C(=O)C(C)NC(=O)C(C)N.[2HH]. The van der Waals surface area contributed by atoms with Gasteiger partial charge in [0.15, 0.2) is 24.8 Å². The molecule has 6 heterocycles. The summed E-state index contributed by atoms with van der Waals surface area (Å²) >= 11 is 0. The van der Waals surface area contributed by atoms with E-state index in [2.05, 4.69) is 79.8 Å². The fourth-order valence-corrected chi connectivity index (χ4v) is 14.3. The van der Waals surface area contributed by atoms with Crippen molar-refractivity contribution in [3.8, 4) is 0 Å². The molecule has 0 aromatic heterocycles. The van der Waals surface area contributed by atoms with Crippen molar-refractivity contribution in [1.29, 1.82) is 0 Å². The monoisotopic (exact) mass is 2130 g/mol. The number of carbonyl (C=O) groups is 20. The average molecular weight is 2130 g/mol. The zero-order chi connectivity index (χ0) is 114. The topological polar surface area (TPSA) is 912 Å². The van der Waals surface area contributed by atoms with Crippen LogP contribution in [-0.4, -0.2) is 471 Å². The Morgan fingerprint density at radius 2 is 0.649 bits per heavy atom. The quantitative estimate of drug-likeness (QED) is 0.0253. The summed E-state index contributed by atoms with van der Waals surface area (Å²) in [7, 11) is 12.0. The van der Waals surface area contributed by atoms with E-state index in [1.54, 1.807) is 48.8 Å². The third-order valence-electron chi connectivity index (χ3n) is 23.5. The van der Waals surface area contributed by atoms with E-state index in [1.807, 2.05) is 0 Å². The molecular weight excluding hydrogens is 1970 g/mol. The van der Waals surface area contributed by atoms with E-state index in [0.29, 0.717) is 19.4 Å². The van der Waals surface area contributed by atoms with Gasteiger partial charge in [0.05, 0.1) is 73.9 Å². The summed E-state index contributed by atoms with van der Waals surface area (Å²) < 4.78 is 48.1. The van der Waals surface area contributed by atoms with Gasteiger partial charge in [-0.25, -0.2) is 9.59 Å². The van der Waals surface area contributed by atoms with E-state index in [0.717, 1.165) is 4.90 Å². The molecule has 0 aliphatic carbocycles. The van der Waals surface area contributed by atoms with E-state index in [1.165, 1.54) is 128 Å². The summed E-state index contributed by atoms with van der Waals surface area (Å²) in [4.78, 5) is 244. The Morgan fingerprint density at radius 1 is 0.338 bits per heavy atom. The highest BCUT2D eigenvalue weighted by Crippen LogP contribution is 2.33. The third-order valence-corrected chi connectivity index (χ3v) is 23.5. The lowest BCUT2D eigenvalue weighted by Crippen LogP contribution is -2.65. The Hall–Kier alpha value is -11.4. The number of rotatable bonds is 40. The van der Waals surface area contributed by atoms with Crippen LogP contribution in [0, 0.1) is 0 Å². The molecule has 6 rings (SSSR count). The lowest BCUT2D eigenvalue weighted by molar-refractivity contribution is -0.362. The lowest BCUT2D eigenvalue weighted by atomic mass is 9.97. The molecule has 60 nitrogen and oxygen atoms in total. The van der Waals surface area contributed by atoms with Gasteiger partial charge in [0.2, 0.25) is 94.5 Å². The Kier molecular flexibility index (Phi) is 59.6. The molecule has 6 aliphatic rings. The number of nitrogens with one attached hydrogen (secondary N) is 15. The minimum Gasteiger partial charge on any atom is -0.451 e. The fourth-order valence-electron chi connectivity index (χ4n) is 14.3. The summed E-state index contributed by atoms with van der Waals surface area (Å²) in [6.07, 6.45) is -19.9. The molecule has 6 saturated heterocycles. The second-order valence-corrected chi connectivity index (χ2v) is 35.9. The average Bonchev–Trinajstić information content (AvgIpc) is 1.73. The van der Waals surface area contributed by atoms with Crippen molar-refractivity contribution in [3.05, 3.63) is 0 Å². The molecule has 0 bridgehead atoms. The molecule has 6 fully saturated rings. The minimum absolute atomic E-state index is 0. The Morgan fingerprint density at radius 3 is 0.986 bits per heavy atom. The first-order chi connectivity index (χ1) is 68.9. The number of esters is 2. The number of nitrogens with zero attached hydrogens (tertiary/aromatic N) is 3. The molecule has 18 amide bonds. The summed E-state index contributed by atoms with van der Waals surface area (Å²) in [5.74, 6) is -10.3. The van der Waals surface area contributed by atoms with Gasteiger partial charge in [-0.05, 0) is 117 Å². The van der Waals surface area contributed by atoms with Gasteiger partial charge in [-0.2, -0.15) is 0 Å². The molecule has 6 aliphatic heterocycles. The van der Waals surface area contributed by atoms with E-state index >= 15 is 0 Å². The maximum Gasteiger partial charge on any atom is 0.329 e. The number of aliphatic hydroxyl groups is 7. The molecule has 850 valence electrons. The summed E-state index contributed by atoms with van der Waals surface area (Å²) in [5.41, 5.74) is 32.3. The number of primary amides is 1. The number of hydrogen-bond donors (Lipinski definition) is 28. The van der Waals surface area contributed by atoms with Crippen LogP contribution in [0.3, 0.4) is 0 Å². The number of aliphatic hydroxyl groups excluding tert-OH is 7. The van der Waals surface area contributed by atoms with Crippen molar-refractivity contribution in [2.75, 3.05) is 96.0 Å². The van der Waals surface area contributed by atoms with Gasteiger partial charge in [-0.15, -0.1) is 0 Å². The van der Waals surface area contributed by atoms with Gasteiger partial charge in [0, 0.05) is 103 Å². The molecule has 0 aromatic carbocycles. The minimum atomic E-state index is -1.90. The maximum atomic E-state index is 13.5. The van der Waals surface area contributed by atoms with Crippen molar-refractivity contribution < 1.29 is 176 Å². The van der Waals surface area contributed by atoms with Crippen LogP contribution in [0.1, 0.15) is 138 Å². The van der Waals surface area contributed by atoms with Gasteiger partial charge in [-0.1, -0.05) is 0 Å². The third kappa shape index (κ3) is 42.6. The zero-order valence-electron chi connectivity index (χ0n) is 88.0. The molecule has 0 aromatic rings. The molecule has 34 atom stereocenters. The van der Waals surface area contributed by atoms with Crippen LogP contribution in [0.15, 0.2) is 0 Å². The Balaban J connectivity index is 0.00000193. The maximum absolute atomic E-state index is 13.5. The highest BCUT2D eigenvalue weighted by Gasteiger charge is 2.54. The lowest BCUT2D eigenvalue weighted by Gasteiger charge is -2.46. The number of ether oxygens (including phenoxy) is 9. The molecule has 0 spiro atoms. The van der Waals surface area contributed by atoms with Gasteiger partial charge in [0.1, 0.15) is 121 Å². The number of nitrogens with two attached hydrogens (primary N) is 6.